The van der Waals surface area contributed by atoms with Crippen LogP contribution in [0.15, 0.2) is 65.1 Å². The number of allylic oxidation sites excluding steroid dienone is 1. The van der Waals surface area contributed by atoms with Crippen LogP contribution < -0.4 is 10.7 Å². The summed E-state index contributed by atoms with van der Waals surface area (Å²) in [5, 5.41) is 13.3. The lowest BCUT2D eigenvalue weighted by molar-refractivity contribution is 0.616. The van der Waals surface area contributed by atoms with Crippen molar-refractivity contribution in [1.29, 1.82) is 5.41 Å². The largest absolute Gasteiger partial charge is 0.455 e. The normalized spacial score (nSPS) is 14.9. The maximum atomic E-state index is 8.13. The first-order valence-corrected chi connectivity index (χ1v) is 11.0. The number of rotatable bonds is 3. The van der Waals surface area contributed by atoms with Gasteiger partial charge in [0.15, 0.2) is 0 Å². The van der Waals surface area contributed by atoms with Gasteiger partial charge in [0, 0.05) is 33.8 Å². The molecule has 2 heterocycles. The van der Waals surface area contributed by atoms with Crippen molar-refractivity contribution in [3.05, 3.63) is 77.2 Å². The van der Waals surface area contributed by atoms with Gasteiger partial charge in [-0.25, -0.2) is 0 Å². The highest BCUT2D eigenvalue weighted by Crippen LogP contribution is 2.45. The molecule has 3 heteroatoms. The van der Waals surface area contributed by atoms with Gasteiger partial charge in [0.1, 0.15) is 11.3 Å². The molecular weight excluding hydrogens is 380 g/mol. The third-order valence-corrected chi connectivity index (χ3v) is 6.10. The predicted molar refractivity (Wildman–Crippen MR) is 129 cm³/mol. The van der Waals surface area contributed by atoms with Gasteiger partial charge >= 0.3 is 0 Å². The maximum Gasteiger partial charge on any atom is 0.144 e. The Hall–Kier alpha value is -3.33. The molecule has 0 spiro atoms. The van der Waals surface area contributed by atoms with E-state index in [1.165, 1.54) is 22.3 Å². The van der Waals surface area contributed by atoms with Crippen molar-refractivity contribution in [3.63, 3.8) is 0 Å². The van der Waals surface area contributed by atoms with Gasteiger partial charge in [-0.3, -0.25) is 0 Å². The standard InChI is InChI=1S/C28H28N2O/c1-5-6-18-7-9-19(10-8-18)26-21-12-11-20(29)15-24(21)31-27-22(26)13-14-23-25(27)17(2)16-28(3,4)30-23/h7-16,29-30H,5-6H2,1-4H3. The van der Waals surface area contributed by atoms with Crippen LogP contribution >= 0.6 is 0 Å². The fourth-order valence-electron chi connectivity index (χ4n) is 4.88. The molecule has 31 heavy (non-hydrogen) atoms. The number of anilines is 1. The molecule has 3 nitrogen and oxygen atoms in total. The van der Waals surface area contributed by atoms with Gasteiger partial charge in [-0.15, -0.1) is 0 Å². The van der Waals surface area contributed by atoms with E-state index in [9.17, 15) is 0 Å². The summed E-state index contributed by atoms with van der Waals surface area (Å²) in [4.78, 5) is 0. The molecule has 0 fully saturated rings. The van der Waals surface area contributed by atoms with Crippen LogP contribution in [0.25, 0.3) is 39.0 Å². The first-order valence-electron chi connectivity index (χ1n) is 11.0. The van der Waals surface area contributed by atoms with Gasteiger partial charge in [0.2, 0.25) is 0 Å². The van der Waals surface area contributed by atoms with E-state index in [0.29, 0.717) is 5.36 Å². The van der Waals surface area contributed by atoms with E-state index in [0.717, 1.165) is 46.4 Å². The number of hydrogen-bond acceptors (Lipinski definition) is 3. The van der Waals surface area contributed by atoms with Gasteiger partial charge < -0.3 is 15.1 Å². The second-order valence-corrected chi connectivity index (χ2v) is 9.17. The summed E-state index contributed by atoms with van der Waals surface area (Å²) in [6.45, 7) is 8.72. The Morgan fingerprint density at radius 2 is 1.74 bits per heavy atom. The maximum absolute atomic E-state index is 8.13. The van der Waals surface area contributed by atoms with Crippen LogP contribution in [0, 0.1) is 5.41 Å². The molecule has 0 saturated carbocycles. The molecule has 2 aromatic carbocycles. The smallest absolute Gasteiger partial charge is 0.144 e. The summed E-state index contributed by atoms with van der Waals surface area (Å²) in [6.07, 6.45) is 4.49. The summed E-state index contributed by atoms with van der Waals surface area (Å²) < 4.78 is 6.49. The van der Waals surface area contributed by atoms with Gasteiger partial charge in [-0.05, 0) is 68.2 Å². The molecule has 2 aliphatic heterocycles. The Morgan fingerprint density at radius 1 is 0.968 bits per heavy atom. The molecule has 0 atom stereocenters. The zero-order chi connectivity index (χ0) is 21.8. The summed E-state index contributed by atoms with van der Waals surface area (Å²) in [6, 6.07) is 18.9. The first kappa shape index (κ1) is 19.6. The average Bonchev–Trinajstić information content (AvgIpc) is 2.71. The van der Waals surface area contributed by atoms with Gasteiger partial charge in [0.05, 0.1) is 10.9 Å². The molecule has 2 N–H and O–H groups in total. The van der Waals surface area contributed by atoms with Crippen LogP contribution in [0.3, 0.4) is 0 Å². The monoisotopic (exact) mass is 408 g/mol. The minimum atomic E-state index is -0.103. The van der Waals surface area contributed by atoms with E-state index in [1.807, 2.05) is 18.2 Å². The van der Waals surface area contributed by atoms with Crippen molar-refractivity contribution in [2.75, 3.05) is 5.32 Å². The second-order valence-electron chi connectivity index (χ2n) is 9.17. The van der Waals surface area contributed by atoms with Gasteiger partial charge in [-0.1, -0.05) is 43.7 Å². The highest BCUT2D eigenvalue weighted by molar-refractivity contribution is 6.07. The fraction of sp³-hybridized carbons (Fsp3) is 0.250. The predicted octanol–water partition coefficient (Wildman–Crippen LogP) is 7.24. The van der Waals surface area contributed by atoms with Crippen LogP contribution in [-0.4, -0.2) is 5.54 Å². The molecular formula is C28H28N2O. The fourth-order valence-corrected chi connectivity index (χ4v) is 4.88. The van der Waals surface area contributed by atoms with Crippen LogP contribution in [0.5, 0.6) is 0 Å². The lowest BCUT2D eigenvalue weighted by Crippen LogP contribution is -2.31. The number of nitrogens with one attached hydrogen (secondary N) is 2. The van der Waals surface area contributed by atoms with E-state index in [2.05, 4.69) is 75.5 Å². The molecule has 0 unspecified atom stereocenters. The zero-order valence-electron chi connectivity index (χ0n) is 18.6. The number of fused-ring (bicyclic) bond motifs is 4. The topological polar surface area (TPSA) is 49.0 Å². The van der Waals surface area contributed by atoms with Crippen molar-refractivity contribution in [1.82, 2.24) is 0 Å². The minimum absolute atomic E-state index is 0.103. The molecule has 0 amide bonds. The van der Waals surface area contributed by atoms with Crippen molar-refractivity contribution < 1.29 is 4.42 Å². The molecule has 0 radical (unpaired) electrons. The van der Waals surface area contributed by atoms with Crippen LogP contribution in [-0.2, 0) is 6.42 Å². The molecule has 5 rings (SSSR count). The van der Waals surface area contributed by atoms with Crippen molar-refractivity contribution in [3.8, 4) is 22.5 Å². The minimum Gasteiger partial charge on any atom is -0.455 e. The van der Waals surface area contributed by atoms with Crippen molar-refractivity contribution in [2.24, 2.45) is 0 Å². The van der Waals surface area contributed by atoms with Crippen LogP contribution in [0.1, 0.15) is 45.2 Å². The number of benzene rings is 3. The molecule has 2 aromatic rings. The molecule has 3 aliphatic rings. The zero-order valence-corrected chi connectivity index (χ0v) is 18.6. The summed E-state index contributed by atoms with van der Waals surface area (Å²) in [7, 11) is 0. The third-order valence-electron chi connectivity index (χ3n) is 6.10. The first-order chi connectivity index (χ1) is 14.9. The molecule has 0 bridgehead atoms. The Kier molecular flexibility index (Phi) is 4.51. The van der Waals surface area contributed by atoms with E-state index in [1.54, 1.807) is 0 Å². The highest BCUT2D eigenvalue weighted by Gasteiger charge is 2.27. The third kappa shape index (κ3) is 3.34. The van der Waals surface area contributed by atoms with Crippen molar-refractivity contribution in [2.45, 2.75) is 46.1 Å². The number of hydrogen-bond donors (Lipinski definition) is 2. The summed E-state index contributed by atoms with van der Waals surface area (Å²) in [5.41, 5.74) is 8.92. The van der Waals surface area contributed by atoms with Crippen LogP contribution in [0.2, 0.25) is 0 Å². The van der Waals surface area contributed by atoms with E-state index in [-0.39, 0.29) is 5.54 Å². The Balaban J connectivity index is 1.86. The Bertz CT molecular complexity index is 1360. The van der Waals surface area contributed by atoms with Crippen LogP contribution in [0.4, 0.5) is 5.69 Å². The SMILES string of the molecule is CCCc1ccc(-c2c3ccc(=N)cc-3oc3c4c(ccc23)NC(C)(C)C=C4C)cc1. The van der Waals surface area contributed by atoms with E-state index >= 15 is 0 Å². The quantitative estimate of drug-likeness (QED) is 0.351. The summed E-state index contributed by atoms with van der Waals surface area (Å²) in [5.74, 6) is 0.749. The van der Waals surface area contributed by atoms with Gasteiger partial charge in [-0.2, -0.15) is 0 Å². The molecule has 0 saturated heterocycles. The Labute approximate surface area is 183 Å². The lowest BCUT2D eigenvalue weighted by atomic mass is 9.87. The molecule has 1 aliphatic carbocycles. The van der Waals surface area contributed by atoms with E-state index in [4.69, 9.17) is 9.83 Å². The molecule has 0 aromatic heterocycles. The average molecular weight is 409 g/mol. The van der Waals surface area contributed by atoms with Gasteiger partial charge in [0.25, 0.3) is 0 Å². The summed E-state index contributed by atoms with van der Waals surface area (Å²) >= 11 is 0. The number of aryl methyl sites for hydroxylation is 1. The van der Waals surface area contributed by atoms with Crippen molar-refractivity contribution >= 4 is 22.2 Å². The highest BCUT2D eigenvalue weighted by atomic mass is 16.3. The van der Waals surface area contributed by atoms with E-state index < -0.39 is 0 Å². The second kappa shape index (κ2) is 7.12. The Morgan fingerprint density at radius 3 is 2.48 bits per heavy atom. The molecule has 156 valence electrons. The lowest BCUT2D eigenvalue weighted by Gasteiger charge is -2.32.